The summed E-state index contributed by atoms with van der Waals surface area (Å²) in [6, 6.07) is 2.71. The minimum Gasteiger partial charge on any atom is -0.374 e. The molecule has 1 rings (SSSR count). The summed E-state index contributed by atoms with van der Waals surface area (Å²) in [7, 11) is 0. The fourth-order valence-electron chi connectivity index (χ4n) is 1.62. The summed E-state index contributed by atoms with van der Waals surface area (Å²) >= 11 is 0. The van der Waals surface area contributed by atoms with Crippen LogP contribution in [0.15, 0.2) is 18.2 Å². The van der Waals surface area contributed by atoms with E-state index in [1.807, 2.05) is 6.92 Å². The number of hydrogen-bond acceptors (Lipinski definition) is 2. The highest BCUT2D eigenvalue weighted by Gasteiger charge is 2.28. The van der Waals surface area contributed by atoms with Crippen LogP contribution in [0.25, 0.3) is 0 Å². The molecule has 0 aliphatic carbocycles. The number of ether oxygens (including phenoxy) is 1. The minimum absolute atomic E-state index is 0.399. The van der Waals surface area contributed by atoms with Crippen molar-refractivity contribution in [2.24, 2.45) is 5.73 Å². The Morgan fingerprint density at radius 3 is 2.19 bits per heavy atom. The van der Waals surface area contributed by atoms with Crippen molar-refractivity contribution in [2.45, 2.75) is 32.4 Å². The Hall–Kier alpha value is -1.00. The summed E-state index contributed by atoms with van der Waals surface area (Å²) in [5.74, 6) is -1.25. The zero-order valence-corrected chi connectivity index (χ0v) is 9.76. The Bertz CT molecular complexity index is 346. The lowest BCUT2D eigenvalue weighted by molar-refractivity contribution is -0.0298. The van der Waals surface area contributed by atoms with Crippen molar-refractivity contribution in [2.75, 3.05) is 6.61 Å². The molecule has 0 spiro atoms. The van der Waals surface area contributed by atoms with Gasteiger partial charge >= 0.3 is 0 Å². The zero-order valence-electron chi connectivity index (χ0n) is 9.76. The monoisotopic (exact) mass is 229 g/mol. The van der Waals surface area contributed by atoms with Gasteiger partial charge in [-0.05, 0) is 38.5 Å². The lowest BCUT2D eigenvalue weighted by Crippen LogP contribution is -2.38. The van der Waals surface area contributed by atoms with Crippen molar-refractivity contribution in [3.05, 3.63) is 35.4 Å². The van der Waals surface area contributed by atoms with Crippen LogP contribution in [0.4, 0.5) is 8.78 Å². The number of nitrogens with two attached hydrogens (primary N) is 1. The predicted molar refractivity (Wildman–Crippen MR) is 59.0 cm³/mol. The first-order chi connectivity index (χ1) is 7.36. The smallest absolute Gasteiger partial charge is 0.126 e. The summed E-state index contributed by atoms with van der Waals surface area (Å²) in [6.07, 6.45) is 0. The van der Waals surface area contributed by atoms with Crippen LogP contribution in [0.2, 0.25) is 0 Å². The van der Waals surface area contributed by atoms with Gasteiger partial charge in [-0.2, -0.15) is 0 Å². The zero-order chi connectivity index (χ0) is 12.3. The van der Waals surface area contributed by atoms with Crippen molar-refractivity contribution in [1.29, 1.82) is 0 Å². The second-order valence-corrected chi connectivity index (χ2v) is 4.22. The van der Waals surface area contributed by atoms with Crippen LogP contribution in [0.5, 0.6) is 0 Å². The van der Waals surface area contributed by atoms with Crippen LogP contribution >= 0.6 is 0 Å². The summed E-state index contributed by atoms with van der Waals surface area (Å²) in [6.45, 7) is 5.94. The van der Waals surface area contributed by atoms with Crippen molar-refractivity contribution >= 4 is 0 Å². The molecular formula is C12H17F2NO. The van der Waals surface area contributed by atoms with E-state index in [2.05, 4.69) is 0 Å². The molecule has 2 N–H and O–H groups in total. The molecule has 0 amide bonds. The normalized spacial score (nSPS) is 13.9. The summed E-state index contributed by atoms with van der Waals surface area (Å²) < 4.78 is 31.5. The Morgan fingerprint density at radius 2 is 1.75 bits per heavy atom. The number of benzene rings is 1. The molecule has 16 heavy (non-hydrogen) atoms. The van der Waals surface area contributed by atoms with E-state index in [1.165, 1.54) is 12.1 Å². The van der Waals surface area contributed by atoms with Gasteiger partial charge in [-0.1, -0.05) is 0 Å². The van der Waals surface area contributed by atoms with Crippen LogP contribution in [0.3, 0.4) is 0 Å². The maximum atomic E-state index is 13.0. The SMILES string of the molecule is CCOC(C)(C)C(N)c1cc(F)cc(F)c1. The van der Waals surface area contributed by atoms with E-state index in [1.54, 1.807) is 13.8 Å². The molecule has 1 aromatic carbocycles. The maximum Gasteiger partial charge on any atom is 0.126 e. The van der Waals surface area contributed by atoms with Crippen molar-refractivity contribution in [3.63, 3.8) is 0 Å². The molecule has 4 heteroatoms. The Morgan fingerprint density at radius 1 is 1.25 bits per heavy atom. The lowest BCUT2D eigenvalue weighted by atomic mass is 9.92. The molecule has 1 atom stereocenters. The number of hydrogen-bond donors (Lipinski definition) is 1. The van der Waals surface area contributed by atoms with Crippen molar-refractivity contribution in [1.82, 2.24) is 0 Å². The van der Waals surface area contributed by atoms with Gasteiger partial charge in [0.1, 0.15) is 11.6 Å². The van der Waals surface area contributed by atoms with E-state index in [0.29, 0.717) is 12.2 Å². The molecule has 0 aromatic heterocycles. The average Bonchev–Trinajstić information content (AvgIpc) is 2.14. The second-order valence-electron chi connectivity index (χ2n) is 4.22. The molecule has 0 fully saturated rings. The third kappa shape index (κ3) is 3.00. The molecule has 0 radical (unpaired) electrons. The Balaban J connectivity index is 2.99. The third-order valence-electron chi connectivity index (χ3n) is 2.51. The fraction of sp³-hybridized carbons (Fsp3) is 0.500. The van der Waals surface area contributed by atoms with Crippen molar-refractivity contribution in [3.8, 4) is 0 Å². The first-order valence-corrected chi connectivity index (χ1v) is 5.22. The van der Waals surface area contributed by atoms with Crippen LogP contribution in [0, 0.1) is 11.6 Å². The molecule has 0 heterocycles. The van der Waals surface area contributed by atoms with Crippen LogP contribution < -0.4 is 5.73 Å². The molecule has 1 unspecified atom stereocenters. The second kappa shape index (κ2) is 4.89. The molecule has 0 bridgehead atoms. The van der Waals surface area contributed by atoms with Gasteiger partial charge < -0.3 is 10.5 Å². The van der Waals surface area contributed by atoms with Crippen LogP contribution in [-0.2, 0) is 4.74 Å². The quantitative estimate of drug-likeness (QED) is 0.861. The Kier molecular flexibility index (Phi) is 3.99. The third-order valence-corrected chi connectivity index (χ3v) is 2.51. The van der Waals surface area contributed by atoms with Crippen molar-refractivity contribution < 1.29 is 13.5 Å². The molecule has 0 aliphatic heterocycles. The van der Waals surface area contributed by atoms with Crippen LogP contribution in [-0.4, -0.2) is 12.2 Å². The van der Waals surface area contributed by atoms with Gasteiger partial charge in [-0.15, -0.1) is 0 Å². The van der Waals surface area contributed by atoms with Gasteiger partial charge in [0.05, 0.1) is 11.6 Å². The molecule has 0 aliphatic rings. The van der Waals surface area contributed by atoms with Gasteiger partial charge in [-0.25, -0.2) is 8.78 Å². The van der Waals surface area contributed by atoms with E-state index in [9.17, 15) is 8.78 Å². The molecule has 0 saturated carbocycles. The van der Waals surface area contributed by atoms with E-state index in [4.69, 9.17) is 10.5 Å². The highest BCUT2D eigenvalue weighted by molar-refractivity contribution is 5.23. The number of halogens is 2. The molecule has 0 saturated heterocycles. The first-order valence-electron chi connectivity index (χ1n) is 5.22. The van der Waals surface area contributed by atoms with Gasteiger partial charge in [0.2, 0.25) is 0 Å². The summed E-state index contributed by atoms with van der Waals surface area (Å²) in [5.41, 5.74) is 5.68. The molecular weight excluding hydrogens is 212 g/mol. The first kappa shape index (κ1) is 13.1. The largest absolute Gasteiger partial charge is 0.374 e. The lowest BCUT2D eigenvalue weighted by Gasteiger charge is -2.31. The minimum atomic E-state index is -0.658. The summed E-state index contributed by atoms with van der Waals surface area (Å²) in [5, 5.41) is 0. The number of rotatable bonds is 4. The highest BCUT2D eigenvalue weighted by atomic mass is 19.1. The topological polar surface area (TPSA) is 35.2 Å². The fourth-order valence-corrected chi connectivity index (χ4v) is 1.62. The van der Waals surface area contributed by atoms with Crippen LogP contribution in [0.1, 0.15) is 32.4 Å². The average molecular weight is 229 g/mol. The predicted octanol–water partition coefficient (Wildman–Crippen LogP) is 2.78. The summed E-state index contributed by atoms with van der Waals surface area (Å²) in [4.78, 5) is 0. The van der Waals surface area contributed by atoms with E-state index in [0.717, 1.165) is 6.07 Å². The molecule has 90 valence electrons. The van der Waals surface area contributed by atoms with E-state index in [-0.39, 0.29) is 0 Å². The van der Waals surface area contributed by atoms with Gasteiger partial charge in [0.25, 0.3) is 0 Å². The highest BCUT2D eigenvalue weighted by Crippen LogP contribution is 2.27. The Labute approximate surface area is 94.4 Å². The maximum absolute atomic E-state index is 13.0. The molecule has 2 nitrogen and oxygen atoms in total. The van der Waals surface area contributed by atoms with Gasteiger partial charge in [-0.3, -0.25) is 0 Å². The van der Waals surface area contributed by atoms with E-state index >= 15 is 0 Å². The van der Waals surface area contributed by atoms with Gasteiger partial charge in [0, 0.05) is 12.7 Å². The van der Waals surface area contributed by atoms with Gasteiger partial charge in [0.15, 0.2) is 0 Å². The standard InChI is InChI=1S/C12H17F2NO/c1-4-16-12(2,3)11(15)8-5-9(13)7-10(14)6-8/h5-7,11H,4,15H2,1-3H3. The molecule has 1 aromatic rings. The van der Waals surface area contributed by atoms with E-state index < -0.39 is 23.3 Å².